The maximum atomic E-state index is 12.4. The van der Waals surface area contributed by atoms with Crippen molar-refractivity contribution in [1.82, 2.24) is 25.1 Å². The predicted molar refractivity (Wildman–Crippen MR) is 91.8 cm³/mol. The summed E-state index contributed by atoms with van der Waals surface area (Å²) in [6.45, 7) is 6.24. The van der Waals surface area contributed by atoms with E-state index >= 15 is 0 Å². The normalized spacial score (nSPS) is 11.8. The number of thioether (sulfide) groups is 1. The van der Waals surface area contributed by atoms with Crippen LogP contribution < -0.4 is 0 Å². The van der Waals surface area contributed by atoms with Gasteiger partial charge in [0.25, 0.3) is 0 Å². The second kappa shape index (κ2) is 7.93. The quantitative estimate of drug-likeness (QED) is 0.746. The second-order valence-corrected chi connectivity index (χ2v) is 6.90. The number of aromatic nitrogens is 4. The van der Waals surface area contributed by atoms with Crippen LogP contribution in [0.2, 0.25) is 0 Å². The number of hydrogen-bond donors (Lipinski definition) is 0. The molecule has 126 valence electrons. The maximum Gasteiger partial charge on any atom is 0.235 e. The molecule has 24 heavy (non-hydrogen) atoms. The first-order valence-electron chi connectivity index (χ1n) is 7.58. The second-order valence-electron chi connectivity index (χ2n) is 5.59. The third-order valence-corrected chi connectivity index (χ3v) is 4.62. The molecular formula is C16H20N6OS. The van der Waals surface area contributed by atoms with Gasteiger partial charge in [-0.1, -0.05) is 23.9 Å². The van der Waals surface area contributed by atoms with Gasteiger partial charge in [-0.25, -0.2) is 0 Å². The minimum Gasteiger partial charge on any atom is -0.344 e. The lowest BCUT2D eigenvalue weighted by Crippen LogP contribution is -2.34. The lowest BCUT2D eigenvalue weighted by atomic mass is 10.1. The molecule has 1 aromatic heterocycles. The van der Waals surface area contributed by atoms with Crippen LogP contribution in [0.3, 0.4) is 0 Å². The molecule has 0 saturated heterocycles. The molecular weight excluding hydrogens is 324 g/mol. The van der Waals surface area contributed by atoms with Crippen LogP contribution in [0.4, 0.5) is 0 Å². The molecule has 1 atom stereocenters. The van der Waals surface area contributed by atoms with E-state index in [1.54, 1.807) is 16.6 Å². The number of carbonyl (C=O) groups is 1. The zero-order valence-electron chi connectivity index (χ0n) is 14.2. The van der Waals surface area contributed by atoms with Crippen molar-refractivity contribution in [1.29, 1.82) is 5.26 Å². The molecule has 0 bridgehead atoms. The van der Waals surface area contributed by atoms with E-state index in [1.165, 1.54) is 11.8 Å². The van der Waals surface area contributed by atoms with Crippen LogP contribution in [-0.4, -0.2) is 49.9 Å². The lowest BCUT2D eigenvalue weighted by molar-refractivity contribution is -0.128. The number of rotatable bonds is 6. The van der Waals surface area contributed by atoms with Gasteiger partial charge in [-0.2, -0.15) is 9.94 Å². The van der Waals surface area contributed by atoms with Crippen molar-refractivity contribution in [2.75, 3.05) is 13.6 Å². The van der Waals surface area contributed by atoms with Crippen molar-refractivity contribution in [3.05, 3.63) is 29.3 Å². The van der Waals surface area contributed by atoms with Crippen LogP contribution >= 0.6 is 11.8 Å². The Balaban J connectivity index is 2.17. The number of nitriles is 1. The third-order valence-electron chi connectivity index (χ3n) is 3.60. The number of carbonyl (C=O) groups excluding carboxylic acids is 1. The molecule has 7 nitrogen and oxygen atoms in total. The summed E-state index contributed by atoms with van der Waals surface area (Å²) in [7, 11) is 1.70. The summed E-state index contributed by atoms with van der Waals surface area (Å²) >= 11 is 1.31. The van der Waals surface area contributed by atoms with Crippen LogP contribution in [0.15, 0.2) is 23.4 Å². The summed E-state index contributed by atoms with van der Waals surface area (Å²) in [4.78, 5) is 13.9. The van der Waals surface area contributed by atoms with Crippen LogP contribution in [-0.2, 0) is 4.79 Å². The molecule has 0 spiro atoms. The zero-order valence-corrected chi connectivity index (χ0v) is 15.0. The van der Waals surface area contributed by atoms with E-state index in [0.717, 1.165) is 16.8 Å². The molecule has 0 fully saturated rings. The topological polar surface area (TPSA) is 87.7 Å². The molecule has 1 amide bonds. The summed E-state index contributed by atoms with van der Waals surface area (Å²) in [5, 5.41) is 20.7. The Morgan fingerprint density at radius 1 is 1.46 bits per heavy atom. The average molecular weight is 344 g/mol. The molecule has 0 N–H and O–H groups in total. The Kier molecular flexibility index (Phi) is 5.93. The fraction of sp³-hybridized carbons (Fsp3) is 0.438. The van der Waals surface area contributed by atoms with Gasteiger partial charge in [0.1, 0.15) is 0 Å². The number of hydrogen-bond acceptors (Lipinski definition) is 6. The monoisotopic (exact) mass is 344 g/mol. The minimum absolute atomic E-state index is 0.0502. The standard InChI is InChI=1S/C16H20N6OS/c1-11-6-7-12(2)14(10-11)22-16(18-19-20-22)24-13(3)15(23)21(4)9-5-8-17/h6-7,10,13H,5,9H2,1-4H3/t13-/m1/s1. The van der Waals surface area contributed by atoms with E-state index in [-0.39, 0.29) is 11.2 Å². The first-order valence-corrected chi connectivity index (χ1v) is 8.46. The Morgan fingerprint density at radius 2 is 2.21 bits per heavy atom. The number of amides is 1. The van der Waals surface area contributed by atoms with Gasteiger partial charge in [-0.3, -0.25) is 4.79 Å². The largest absolute Gasteiger partial charge is 0.344 e. The highest BCUT2D eigenvalue weighted by atomic mass is 32.2. The third kappa shape index (κ3) is 4.11. The van der Waals surface area contributed by atoms with Gasteiger partial charge < -0.3 is 4.90 Å². The first-order chi connectivity index (χ1) is 11.4. The summed E-state index contributed by atoms with van der Waals surface area (Å²) in [6.07, 6.45) is 0.319. The van der Waals surface area contributed by atoms with Crippen molar-refractivity contribution in [2.24, 2.45) is 0 Å². The van der Waals surface area contributed by atoms with Crippen LogP contribution in [0.5, 0.6) is 0 Å². The van der Waals surface area contributed by atoms with E-state index in [0.29, 0.717) is 18.1 Å². The molecule has 0 radical (unpaired) electrons. The average Bonchev–Trinajstić information content (AvgIpc) is 3.01. The molecule has 2 rings (SSSR count). The van der Waals surface area contributed by atoms with Crippen molar-refractivity contribution >= 4 is 17.7 Å². The van der Waals surface area contributed by atoms with Gasteiger partial charge in [0.2, 0.25) is 11.1 Å². The van der Waals surface area contributed by atoms with Crippen molar-refractivity contribution in [3.8, 4) is 11.8 Å². The Hall–Kier alpha value is -2.40. The Morgan fingerprint density at radius 3 is 2.92 bits per heavy atom. The van der Waals surface area contributed by atoms with Gasteiger partial charge in [0.05, 0.1) is 23.4 Å². The minimum atomic E-state index is -0.344. The molecule has 1 aromatic carbocycles. The molecule has 0 aliphatic carbocycles. The lowest BCUT2D eigenvalue weighted by Gasteiger charge is -2.19. The molecule has 0 unspecified atom stereocenters. The first kappa shape index (κ1) is 17.9. The van der Waals surface area contributed by atoms with E-state index in [9.17, 15) is 4.79 Å². The van der Waals surface area contributed by atoms with E-state index in [2.05, 4.69) is 15.5 Å². The van der Waals surface area contributed by atoms with Gasteiger partial charge in [-0.05, 0) is 48.4 Å². The van der Waals surface area contributed by atoms with Gasteiger partial charge in [0.15, 0.2) is 0 Å². The fourth-order valence-electron chi connectivity index (χ4n) is 2.20. The highest BCUT2D eigenvalue weighted by Crippen LogP contribution is 2.25. The summed E-state index contributed by atoms with van der Waals surface area (Å²) in [5.41, 5.74) is 3.07. The Bertz CT molecular complexity index is 766. The molecule has 0 saturated carbocycles. The highest BCUT2D eigenvalue weighted by Gasteiger charge is 2.22. The smallest absolute Gasteiger partial charge is 0.235 e. The van der Waals surface area contributed by atoms with Gasteiger partial charge in [-0.15, -0.1) is 5.10 Å². The molecule has 0 aliphatic rings. The summed E-state index contributed by atoms with van der Waals surface area (Å²) in [5.74, 6) is -0.0502. The molecule has 1 heterocycles. The zero-order chi connectivity index (χ0) is 17.7. The molecule has 0 aliphatic heterocycles. The maximum absolute atomic E-state index is 12.4. The van der Waals surface area contributed by atoms with Crippen molar-refractivity contribution in [2.45, 2.75) is 37.6 Å². The number of tetrazole rings is 1. The van der Waals surface area contributed by atoms with Gasteiger partial charge in [0, 0.05) is 13.6 Å². The number of aryl methyl sites for hydroxylation is 2. The van der Waals surface area contributed by atoms with Crippen LogP contribution in [0.25, 0.3) is 5.69 Å². The number of nitrogens with zero attached hydrogens (tertiary/aromatic N) is 6. The van der Waals surface area contributed by atoms with E-state index in [4.69, 9.17) is 5.26 Å². The number of benzene rings is 1. The van der Waals surface area contributed by atoms with Crippen molar-refractivity contribution in [3.63, 3.8) is 0 Å². The van der Waals surface area contributed by atoms with Crippen LogP contribution in [0.1, 0.15) is 24.5 Å². The molecule has 8 heteroatoms. The van der Waals surface area contributed by atoms with E-state index in [1.807, 2.05) is 45.0 Å². The van der Waals surface area contributed by atoms with Crippen LogP contribution in [0, 0.1) is 25.2 Å². The fourth-order valence-corrected chi connectivity index (χ4v) is 3.11. The predicted octanol–water partition coefficient (Wildman–Crippen LogP) is 2.13. The summed E-state index contributed by atoms with van der Waals surface area (Å²) in [6, 6.07) is 8.11. The Labute approximate surface area is 145 Å². The van der Waals surface area contributed by atoms with Gasteiger partial charge >= 0.3 is 0 Å². The van der Waals surface area contributed by atoms with Crippen molar-refractivity contribution < 1.29 is 4.79 Å². The summed E-state index contributed by atoms with van der Waals surface area (Å²) < 4.78 is 1.66. The van der Waals surface area contributed by atoms with E-state index < -0.39 is 0 Å². The molecule has 2 aromatic rings. The SMILES string of the molecule is Cc1ccc(C)c(-n2nnnc2S[C@H](C)C(=O)N(C)CCC#N)c1. The highest BCUT2D eigenvalue weighted by molar-refractivity contribution is 8.00.